The molecule has 0 spiro atoms. The lowest BCUT2D eigenvalue weighted by atomic mass is 10.1. The van der Waals surface area contributed by atoms with Crippen molar-refractivity contribution in [2.45, 2.75) is 33.8 Å². The highest BCUT2D eigenvalue weighted by Gasteiger charge is 2.62. The summed E-state index contributed by atoms with van der Waals surface area (Å²) in [5, 5.41) is 0. The summed E-state index contributed by atoms with van der Waals surface area (Å²) in [6.07, 6.45) is 0.148. The fourth-order valence-electron chi connectivity index (χ4n) is 2.91. The van der Waals surface area contributed by atoms with Gasteiger partial charge < -0.3 is 9.53 Å². The van der Waals surface area contributed by atoms with Gasteiger partial charge in [0, 0.05) is 6.42 Å². The van der Waals surface area contributed by atoms with Crippen LogP contribution in [0.5, 0.6) is 0 Å². The third kappa shape index (κ3) is 3.01. The van der Waals surface area contributed by atoms with Crippen LogP contribution in [-0.4, -0.2) is 11.8 Å². The molecule has 1 aliphatic rings. The Morgan fingerprint density at radius 3 is 1.88 bits per heavy atom. The molecule has 1 aromatic rings. The Morgan fingerprint density at radius 2 is 1.42 bits per heavy atom. The average molecular weight is 350 g/mol. The predicted molar refractivity (Wildman–Crippen MR) is 72.1 cm³/mol. The molecule has 0 bridgehead atoms. The number of rotatable bonds is 5. The molecule has 0 unspecified atom stereocenters. The minimum Gasteiger partial charge on any atom is -0.460 e. The zero-order valence-electron chi connectivity index (χ0n) is 13.2. The molecular weight excluding hydrogens is 335 g/mol. The highest BCUT2D eigenvalue weighted by atomic mass is 19.2. The molecule has 1 fully saturated rings. The Labute approximate surface area is 134 Å². The Balaban J connectivity index is 2.13. The standard InChI is InChI=1S/C16H15F5O3/c1-6(22)4-8-9(16(8,2)3)15(23)24-5-7-10(17)12(19)14(21)13(20)11(7)18/h8-9H,4-5H2,1-3H3/t8-,9-/m0/s1. The molecule has 0 aromatic heterocycles. The number of carbonyl (C=O) groups excluding carboxylic acids is 2. The van der Waals surface area contributed by atoms with Crippen molar-refractivity contribution in [3.05, 3.63) is 34.6 Å². The Kier molecular flexibility index (Phi) is 4.70. The first kappa shape index (κ1) is 18.4. The van der Waals surface area contributed by atoms with Crippen molar-refractivity contribution in [3.8, 4) is 0 Å². The maximum atomic E-state index is 13.5. The van der Waals surface area contributed by atoms with E-state index in [2.05, 4.69) is 0 Å². The second-order valence-electron chi connectivity index (χ2n) is 6.47. The van der Waals surface area contributed by atoms with Gasteiger partial charge in [-0.15, -0.1) is 0 Å². The second-order valence-corrected chi connectivity index (χ2v) is 6.47. The summed E-state index contributed by atoms with van der Waals surface area (Å²) in [5.74, 6) is -12.4. The first-order chi connectivity index (χ1) is 11.0. The second kappa shape index (κ2) is 6.14. The SMILES string of the molecule is CC(=O)C[C@H]1[C@@H](C(=O)OCc2c(F)c(F)c(F)c(F)c2F)C1(C)C. The molecular formula is C16H15F5O3. The van der Waals surface area contributed by atoms with Crippen molar-refractivity contribution < 1.29 is 36.3 Å². The highest BCUT2D eigenvalue weighted by molar-refractivity contribution is 5.82. The van der Waals surface area contributed by atoms with E-state index in [9.17, 15) is 31.5 Å². The molecule has 1 aliphatic carbocycles. The summed E-state index contributed by atoms with van der Waals surface area (Å²) < 4.78 is 70.9. The number of ketones is 1. The Morgan fingerprint density at radius 1 is 0.958 bits per heavy atom. The molecule has 8 heteroatoms. The minimum absolute atomic E-state index is 0.122. The van der Waals surface area contributed by atoms with Gasteiger partial charge in [0.1, 0.15) is 12.4 Å². The van der Waals surface area contributed by atoms with Crippen molar-refractivity contribution in [2.24, 2.45) is 17.3 Å². The largest absolute Gasteiger partial charge is 0.460 e. The third-order valence-corrected chi connectivity index (χ3v) is 4.47. The smallest absolute Gasteiger partial charge is 0.310 e. The van der Waals surface area contributed by atoms with Crippen molar-refractivity contribution in [1.29, 1.82) is 0 Å². The summed E-state index contributed by atoms with van der Waals surface area (Å²) in [7, 11) is 0. The van der Waals surface area contributed by atoms with Crippen LogP contribution in [0.15, 0.2) is 0 Å². The van der Waals surface area contributed by atoms with E-state index in [0.29, 0.717) is 0 Å². The minimum atomic E-state index is -2.27. The zero-order chi connectivity index (χ0) is 18.4. The number of hydrogen-bond donors (Lipinski definition) is 0. The van der Waals surface area contributed by atoms with E-state index in [1.165, 1.54) is 6.92 Å². The third-order valence-electron chi connectivity index (χ3n) is 4.47. The first-order valence-corrected chi connectivity index (χ1v) is 7.16. The fraction of sp³-hybridized carbons (Fsp3) is 0.500. The van der Waals surface area contributed by atoms with Crippen molar-refractivity contribution >= 4 is 11.8 Å². The summed E-state index contributed by atoms with van der Waals surface area (Å²) in [4.78, 5) is 23.2. The lowest BCUT2D eigenvalue weighted by molar-refractivity contribution is -0.147. The van der Waals surface area contributed by atoms with E-state index < -0.39 is 58.6 Å². The van der Waals surface area contributed by atoms with Crippen LogP contribution in [0.25, 0.3) is 0 Å². The average Bonchev–Trinajstić information content (AvgIpc) is 3.02. The van der Waals surface area contributed by atoms with E-state index in [1.54, 1.807) is 13.8 Å². The monoisotopic (exact) mass is 350 g/mol. The lowest BCUT2D eigenvalue weighted by Crippen LogP contribution is -2.14. The Hall–Kier alpha value is -1.99. The van der Waals surface area contributed by atoms with Crippen molar-refractivity contribution in [1.82, 2.24) is 0 Å². The van der Waals surface area contributed by atoms with Gasteiger partial charge >= 0.3 is 5.97 Å². The van der Waals surface area contributed by atoms with E-state index in [1.807, 2.05) is 0 Å². The van der Waals surface area contributed by atoms with E-state index in [4.69, 9.17) is 4.74 Å². The quantitative estimate of drug-likeness (QED) is 0.352. The molecule has 1 aromatic carbocycles. The molecule has 0 radical (unpaired) electrons. The molecule has 0 N–H and O–H groups in total. The summed E-state index contributed by atoms with van der Waals surface area (Å²) in [6.45, 7) is 3.74. The topological polar surface area (TPSA) is 43.4 Å². The summed E-state index contributed by atoms with van der Waals surface area (Å²) >= 11 is 0. The maximum absolute atomic E-state index is 13.5. The highest BCUT2D eigenvalue weighted by Crippen LogP contribution is 2.60. The summed E-state index contributed by atoms with van der Waals surface area (Å²) in [6, 6.07) is 0. The van der Waals surface area contributed by atoms with Gasteiger partial charge in [-0.2, -0.15) is 0 Å². The molecule has 0 heterocycles. The summed E-state index contributed by atoms with van der Waals surface area (Å²) in [5.41, 5.74) is -1.74. The molecule has 132 valence electrons. The lowest BCUT2D eigenvalue weighted by Gasteiger charge is -2.09. The van der Waals surface area contributed by atoms with Gasteiger partial charge in [0.05, 0.1) is 11.5 Å². The number of hydrogen-bond acceptors (Lipinski definition) is 3. The fourth-order valence-corrected chi connectivity index (χ4v) is 2.91. The first-order valence-electron chi connectivity index (χ1n) is 7.16. The predicted octanol–water partition coefficient (Wildman–Crippen LogP) is 3.68. The normalized spacial score (nSPS) is 21.5. The Bertz CT molecular complexity index is 685. The van der Waals surface area contributed by atoms with Crippen LogP contribution in [0.4, 0.5) is 22.0 Å². The van der Waals surface area contributed by atoms with Gasteiger partial charge in [0.15, 0.2) is 23.3 Å². The van der Waals surface area contributed by atoms with Gasteiger partial charge in [0.2, 0.25) is 5.82 Å². The molecule has 0 saturated heterocycles. The molecule has 2 rings (SSSR count). The number of esters is 1. The molecule has 1 saturated carbocycles. The zero-order valence-corrected chi connectivity index (χ0v) is 13.2. The van der Waals surface area contributed by atoms with Crippen LogP contribution in [0.2, 0.25) is 0 Å². The van der Waals surface area contributed by atoms with Crippen LogP contribution in [0, 0.1) is 46.3 Å². The van der Waals surface area contributed by atoms with Gasteiger partial charge in [-0.1, -0.05) is 13.8 Å². The maximum Gasteiger partial charge on any atom is 0.310 e. The van der Waals surface area contributed by atoms with E-state index in [0.717, 1.165) is 0 Å². The van der Waals surface area contributed by atoms with Crippen LogP contribution in [0.1, 0.15) is 32.8 Å². The van der Waals surface area contributed by atoms with Gasteiger partial charge in [-0.25, -0.2) is 22.0 Å². The molecule has 24 heavy (non-hydrogen) atoms. The molecule has 0 aliphatic heterocycles. The van der Waals surface area contributed by atoms with Crippen LogP contribution >= 0.6 is 0 Å². The van der Waals surface area contributed by atoms with Crippen molar-refractivity contribution in [3.63, 3.8) is 0 Å². The number of benzene rings is 1. The van der Waals surface area contributed by atoms with Gasteiger partial charge in [-0.3, -0.25) is 4.79 Å². The molecule has 0 amide bonds. The van der Waals surface area contributed by atoms with Crippen LogP contribution in [0.3, 0.4) is 0 Å². The number of Topliss-reactive ketones (excluding diaryl/α,β-unsaturated/α-hetero) is 1. The number of carbonyl (C=O) groups is 2. The number of halogens is 5. The van der Waals surface area contributed by atoms with E-state index >= 15 is 0 Å². The van der Waals surface area contributed by atoms with Crippen LogP contribution < -0.4 is 0 Å². The van der Waals surface area contributed by atoms with E-state index in [-0.39, 0.29) is 18.1 Å². The number of ether oxygens (including phenoxy) is 1. The van der Waals surface area contributed by atoms with Crippen LogP contribution in [-0.2, 0) is 20.9 Å². The van der Waals surface area contributed by atoms with Gasteiger partial charge in [0.25, 0.3) is 0 Å². The van der Waals surface area contributed by atoms with Crippen molar-refractivity contribution in [2.75, 3.05) is 0 Å². The van der Waals surface area contributed by atoms with Gasteiger partial charge in [-0.05, 0) is 18.3 Å². The molecule has 3 nitrogen and oxygen atoms in total. The molecule has 2 atom stereocenters.